The van der Waals surface area contributed by atoms with Gasteiger partial charge in [-0.05, 0) is 30.7 Å². The molecule has 112 valence electrons. The molecule has 0 spiro atoms. The molecule has 0 aliphatic heterocycles. The van der Waals surface area contributed by atoms with Crippen LogP contribution in [-0.2, 0) is 10.0 Å². The molecule has 2 aromatic rings. The number of nitrogens with zero attached hydrogens (tertiary/aromatic N) is 2. The first kappa shape index (κ1) is 15.3. The topological polar surface area (TPSA) is 76.3 Å². The van der Waals surface area contributed by atoms with Gasteiger partial charge in [-0.3, -0.25) is 4.31 Å². The normalized spacial score (nSPS) is 11.3. The average molecular weight is 305 g/mol. The first-order valence-corrected chi connectivity index (χ1v) is 8.29. The fourth-order valence-electron chi connectivity index (χ4n) is 2.02. The number of para-hydroxylation sites is 1. The van der Waals surface area contributed by atoms with Crippen molar-refractivity contribution in [2.45, 2.75) is 24.7 Å². The maximum absolute atomic E-state index is 12.9. The Morgan fingerprint density at radius 2 is 1.86 bits per heavy atom. The van der Waals surface area contributed by atoms with Crippen LogP contribution in [0.5, 0.6) is 0 Å². The van der Waals surface area contributed by atoms with E-state index in [4.69, 9.17) is 5.73 Å². The van der Waals surface area contributed by atoms with Crippen LogP contribution < -0.4 is 10.0 Å². The van der Waals surface area contributed by atoms with Crippen molar-refractivity contribution >= 4 is 21.5 Å². The summed E-state index contributed by atoms with van der Waals surface area (Å²) in [7, 11) is -3.71. The number of aromatic nitrogens is 1. The molecule has 0 aliphatic carbocycles. The van der Waals surface area contributed by atoms with E-state index in [9.17, 15) is 8.42 Å². The molecule has 0 bridgehead atoms. The SMILES string of the molecule is CCCCN(c1ccccc1)S(=O)(=O)c1cccnc1N. The van der Waals surface area contributed by atoms with Gasteiger partial charge in [0, 0.05) is 12.7 Å². The lowest BCUT2D eigenvalue weighted by Gasteiger charge is -2.24. The third-order valence-electron chi connectivity index (χ3n) is 3.13. The van der Waals surface area contributed by atoms with Gasteiger partial charge in [0.2, 0.25) is 0 Å². The summed E-state index contributed by atoms with van der Waals surface area (Å²) in [6, 6.07) is 12.1. The maximum atomic E-state index is 12.9. The third kappa shape index (κ3) is 3.33. The lowest BCUT2D eigenvalue weighted by molar-refractivity contribution is 0.589. The van der Waals surface area contributed by atoms with Crippen molar-refractivity contribution in [2.75, 3.05) is 16.6 Å². The third-order valence-corrected chi connectivity index (χ3v) is 5.00. The zero-order chi connectivity index (χ0) is 15.3. The largest absolute Gasteiger partial charge is 0.383 e. The van der Waals surface area contributed by atoms with Crippen LogP contribution in [0.2, 0.25) is 0 Å². The van der Waals surface area contributed by atoms with E-state index in [0.717, 1.165) is 12.8 Å². The Kier molecular flexibility index (Phi) is 4.80. The summed E-state index contributed by atoms with van der Waals surface area (Å²) in [4.78, 5) is 3.92. The van der Waals surface area contributed by atoms with Crippen LogP contribution in [0.4, 0.5) is 11.5 Å². The minimum Gasteiger partial charge on any atom is -0.383 e. The second-order valence-electron chi connectivity index (χ2n) is 4.65. The number of sulfonamides is 1. The number of rotatable bonds is 6. The zero-order valence-electron chi connectivity index (χ0n) is 11.9. The highest BCUT2D eigenvalue weighted by molar-refractivity contribution is 7.93. The number of benzene rings is 1. The van der Waals surface area contributed by atoms with E-state index >= 15 is 0 Å². The van der Waals surface area contributed by atoms with Crippen LogP contribution >= 0.6 is 0 Å². The van der Waals surface area contributed by atoms with Crippen LogP contribution in [0, 0.1) is 0 Å². The van der Waals surface area contributed by atoms with Crippen LogP contribution in [-0.4, -0.2) is 19.9 Å². The lowest BCUT2D eigenvalue weighted by atomic mass is 10.3. The molecule has 0 fully saturated rings. The molecule has 0 saturated carbocycles. The number of unbranched alkanes of at least 4 members (excludes halogenated alkanes) is 1. The van der Waals surface area contributed by atoms with Gasteiger partial charge in [-0.25, -0.2) is 13.4 Å². The highest BCUT2D eigenvalue weighted by atomic mass is 32.2. The van der Waals surface area contributed by atoms with Gasteiger partial charge in [-0.1, -0.05) is 31.5 Å². The molecule has 0 amide bonds. The Morgan fingerprint density at radius 3 is 2.48 bits per heavy atom. The second-order valence-corrected chi connectivity index (χ2v) is 6.48. The van der Waals surface area contributed by atoms with Gasteiger partial charge in [0.05, 0.1) is 5.69 Å². The summed E-state index contributed by atoms with van der Waals surface area (Å²) in [6.07, 6.45) is 3.16. The smallest absolute Gasteiger partial charge is 0.267 e. The van der Waals surface area contributed by atoms with Gasteiger partial charge in [-0.2, -0.15) is 0 Å². The summed E-state index contributed by atoms with van der Waals surface area (Å²) in [6.45, 7) is 2.44. The minimum absolute atomic E-state index is 0.0231. The molecule has 0 saturated heterocycles. The van der Waals surface area contributed by atoms with Crippen molar-refractivity contribution in [3.8, 4) is 0 Å². The lowest BCUT2D eigenvalue weighted by Crippen LogP contribution is -2.32. The van der Waals surface area contributed by atoms with E-state index in [2.05, 4.69) is 4.98 Å². The van der Waals surface area contributed by atoms with Gasteiger partial charge in [0.25, 0.3) is 10.0 Å². The standard InChI is InChI=1S/C15H19N3O2S/c1-2-3-12-18(13-8-5-4-6-9-13)21(19,20)14-10-7-11-17-15(14)16/h4-11H,2-3,12H2,1H3,(H2,16,17). The van der Waals surface area contributed by atoms with E-state index in [-0.39, 0.29) is 10.7 Å². The monoisotopic (exact) mass is 305 g/mol. The van der Waals surface area contributed by atoms with Crippen molar-refractivity contribution in [2.24, 2.45) is 0 Å². The quantitative estimate of drug-likeness (QED) is 0.890. The first-order chi connectivity index (χ1) is 10.1. The predicted octanol–water partition coefficient (Wildman–Crippen LogP) is 2.66. The van der Waals surface area contributed by atoms with Crippen molar-refractivity contribution in [3.05, 3.63) is 48.7 Å². The molecule has 0 aliphatic rings. The summed E-state index contributed by atoms with van der Waals surface area (Å²) in [5.74, 6) is 0.0231. The average Bonchev–Trinajstić information content (AvgIpc) is 2.49. The Balaban J connectivity index is 2.48. The number of nitrogens with two attached hydrogens (primary N) is 1. The van der Waals surface area contributed by atoms with Gasteiger partial charge < -0.3 is 5.73 Å². The van der Waals surface area contributed by atoms with E-state index in [0.29, 0.717) is 12.2 Å². The molecule has 5 nitrogen and oxygen atoms in total. The summed E-state index contributed by atoms with van der Waals surface area (Å²) in [5.41, 5.74) is 6.37. The van der Waals surface area contributed by atoms with Gasteiger partial charge in [0.1, 0.15) is 10.7 Å². The molecule has 1 aromatic heterocycles. The fourth-order valence-corrected chi connectivity index (χ4v) is 3.60. The molecule has 0 unspecified atom stereocenters. The number of pyridine rings is 1. The van der Waals surface area contributed by atoms with E-state index < -0.39 is 10.0 Å². The molecular weight excluding hydrogens is 286 g/mol. The van der Waals surface area contributed by atoms with E-state index in [1.54, 1.807) is 18.2 Å². The Hall–Kier alpha value is -2.08. The second kappa shape index (κ2) is 6.58. The molecule has 0 atom stereocenters. The van der Waals surface area contributed by atoms with Crippen LogP contribution in [0.15, 0.2) is 53.6 Å². The van der Waals surface area contributed by atoms with Gasteiger partial charge in [-0.15, -0.1) is 0 Å². The van der Waals surface area contributed by atoms with Crippen LogP contribution in [0.25, 0.3) is 0 Å². The predicted molar refractivity (Wildman–Crippen MR) is 84.5 cm³/mol. The van der Waals surface area contributed by atoms with Crippen LogP contribution in [0.3, 0.4) is 0 Å². The molecule has 2 N–H and O–H groups in total. The maximum Gasteiger partial charge on any atom is 0.267 e. The Bertz CT molecular complexity index is 687. The van der Waals surface area contributed by atoms with Crippen molar-refractivity contribution < 1.29 is 8.42 Å². The molecule has 0 radical (unpaired) electrons. The minimum atomic E-state index is -3.71. The molecule has 6 heteroatoms. The van der Waals surface area contributed by atoms with Gasteiger partial charge >= 0.3 is 0 Å². The molecular formula is C15H19N3O2S. The van der Waals surface area contributed by atoms with E-state index in [1.165, 1.54) is 16.6 Å². The molecule has 21 heavy (non-hydrogen) atoms. The summed E-state index contributed by atoms with van der Waals surface area (Å²) < 4.78 is 27.1. The van der Waals surface area contributed by atoms with Crippen molar-refractivity contribution in [3.63, 3.8) is 0 Å². The number of hydrogen-bond acceptors (Lipinski definition) is 4. The Labute approximate surface area is 125 Å². The Morgan fingerprint density at radius 1 is 1.14 bits per heavy atom. The van der Waals surface area contributed by atoms with Gasteiger partial charge in [0.15, 0.2) is 0 Å². The van der Waals surface area contributed by atoms with E-state index in [1.807, 2.05) is 25.1 Å². The summed E-state index contributed by atoms with van der Waals surface area (Å²) >= 11 is 0. The van der Waals surface area contributed by atoms with Crippen molar-refractivity contribution in [1.29, 1.82) is 0 Å². The number of anilines is 2. The summed E-state index contributed by atoms with van der Waals surface area (Å²) in [5, 5.41) is 0. The number of nitrogen functional groups attached to an aromatic ring is 1. The van der Waals surface area contributed by atoms with Crippen LogP contribution in [0.1, 0.15) is 19.8 Å². The fraction of sp³-hybridized carbons (Fsp3) is 0.267. The highest BCUT2D eigenvalue weighted by Crippen LogP contribution is 2.26. The first-order valence-electron chi connectivity index (χ1n) is 6.85. The molecule has 2 rings (SSSR count). The zero-order valence-corrected chi connectivity index (χ0v) is 12.8. The molecule has 1 heterocycles. The van der Waals surface area contributed by atoms with Crippen molar-refractivity contribution in [1.82, 2.24) is 4.98 Å². The number of hydrogen-bond donors (Lipinski definition) is 1. The highest BCUT2D eigenvalue weighted by Gasteiger charge is 2.26. The molecule has 1 aromatic carbocycles.